The minimum absolute atomic E-state index is 0.0664. The maximum atomic E-state index is 13.1. The molecule has 0 aliphatic heterocycles. The molecule has 0 aliphatic carbocycles. The van der Waals surface area contributed by atoms with Gasteiger partial charge in [0.05, 0.1) is 15.8 Å². The minimum atomic E-state index is -4.45. The quantitative estimate of drug-likeness (QED) is 0.849. The number of sulfonamides is 1. The molecule has 0 saturated heterocycles. The number of halogens is 5. The van der Waals surface area contributed by atoms with Crippen molar-refractivity contribution < 1.29 is 26.0 Å². The van der Waals surface area contributed by atoms with E-state index in [2.05, 4.69) is 15.9 Å². The van der Waals surface area contributed by atoms with Crippen molar-refractivity contribution in [2.75, 3.05) is 6.54 Å². The maximum Gasteiger partial charge on any atom is 0.390 e. The van der Waals surface area contributed by atoms with Crippen LogP contribution in [0.2, 0.25) is 0 Å². The van der Waals surface area contributed by atoms with Crippen LogP contribution in [-0.4, -0.2) is 21.1 Å². The average molecular weight is 350 g/mol. The van der Waals surface area contributed by atoms with E-state index in [9.17, 15) is 26.0 Å². The summed E-state index contributed by atoms with van der Waals surface area (Å²) >= 11 is 2.84. The van der Waals surface area contributed by atoms with Gasteiger partial charge in [-0.1, -0.05) is 0 Å². The van der Waals surface area contributed by atoms with Crippen LogP contribution in [0.15, 0.2) is 27.6 Å². The van der Waals surface area contributed by atoms with Gasteiger partial charge in [0.1, 0.15) is 5.82 Å². The summed E-state index contributed by atoms with van der Waals surface area (Å²) in [7, 11) is -4.13. The third kappa shape index (κ3) is 4.54. The first kappa shape index (κ1) is 15.4. The number of alkyl halides is 3. The number of hydrogen-bond acceptors (Lipinski definition) is 2. The normalized spacial score (nSPS) is 12.7. The van der Waals surface area contributed by atoms with Crippen LogP contribution in [0.25, 0.3) is 0 Å². The fourth-order valence-electron chi connectivity index (χ4n) is 1.05. The topological polar surface area (TPSA) is 46.2 Å². The Kier molecular flexibility index (Phi) is 4.73. The lowest BCUT2D eigenvalue weighted by molar-refractivity contribution is -0.132. The predicted octanol–water partition coefficient (Wildman–Crippen LogP) is 2.82. The van der Waals surface area contributed by atoms with E-state index in [1.807, 2.05) is 0 Å². The molecule has 0 aliphatic rings. The lowest BCUT2D eigenvalue weighted by Gasteiger charge is -2.09. The number of nitrogens with one attached hydrogen (secondary N) is 1. The molecule has 0 heterocycles. The first-order chi connectivity index (χ1) is 8.12. The lowest BCUT2D eigenvalue weighted by Crippen LogP contribution is -2.28. The van der Waals surface area contributed by atoms with E-state index in [0.717, 1.165) is 18.2 Å². The Hall–Kier alpha value is -0.670. The van der Waals surface area contributed by atoms with Crippen LogP contribution in [0.1, 0.15) is 6.42 Å². The minimum Gasteiger partial charge on any atom is -0.211 e. The molecular formula is C9H8BrF4NO2S. The molecule has 1 aromatic rings. The first-order valence-corrected chi connectivity index (χ1v) is 6.91. The van der Waals surface area contributed by atoms with Crippen LogP contribution in [-0.2, 0) is 10.0 Å². The highest BCUT2D eigenvalue weighted by Crippen LogP contribution is 2.21. The largest absolute Gasteiger partial charge is 0.390 e. The van der Waals surface area contributed by atoms with Crippen molar-refractivity contribution in [1.29, 1.82) is 0 Å². The Morgan fingerprint density at radius 2 is 1.89 bits per heavy atom. The Bertz CT molecular complexity index is 530. The molecule has 1 aromatic carbocycles. The highest BCUT2D eigenvalue weighted by Gasteiger charge is 2.27. The molecule has 1 N–H and O–H groups in total. The number of hydrogen-bond donors (Lipinski definition) is 1. The third-order valence-electron chi connectivity index (χ3n) is 1.90. The van der Waals surface area contributed by atoms with Crippen molar-refractivity contribution in [1.82, 2.24) is 4.72 Å². The monoisotopic (exact) mass is 349 g/mol. The zero-order valence-corrected chi connectivity index (χ0v) is 11.2. The van der Waals surface area contributed by atoms with Gasteiger partial charge in [-0.2, -0.15) is 13.2 Å². The van der Waals surface area contributed by atoms with Crippen LogP contribution in [0.4, 0.5) is 17.6 Å². The first-order valence-electron chi connectivity index (χ1n) is 4.63. The van der Waals surface area contributed by atoms with E-state index in [1.165, 1.54) is 0 Å². The second-order valence-corrected chi connectivity index (χ2v) is 5.96. The Labute approximate surface area is 109 Å². The molecule has 0 radical (unpaired) electrons. The van der Waals surface area contributed by atoms with Crippen molar-refractivity contribution in [3.63, 3.8) is 0 Å². The molecule has 0 spiro atoms. The van der Waals surface area contributed by atoms with E-state index in [0.29, 0.717) is 0 Å². The summed E-state index contributed by atoms with van der Waals surface area (Å²) < 4.78 is 73.5. The lowest BCUT2D eigenvalue weighted by atomic mass is 10.3. The van der Waals surface area contributed by atoms with Gasteiger partial charge in [0, 0.05) is 6.54 Å². The standard InChI is InChI=1S/C9H8BrF4NO2S/c10-7-2-1-6(5-8(7)11)18(16,17)15-4-3-9(12,13)14/h1-2,5,15H,3-4H2. The SMILES string of the molecule is O=S(=O)(NCCC(F)(F)F)c1ccc(Br)c(F)c1. The Morgan fingerprint density at radius 3 is 2.39 bits per heavy atom. The molecule has 0 amide bonds. The van der Waals surface area contributed by atoms with Crippen molar-refractivity contribution in [2.24, 2.45) is 0 Å². The molecule has 0 atom stereocenters. The van der Waals surface area contributed by atoms with Crippen molar-refractivity contribution in [2.45, 2.75) is 17.5 Å². The van der Waals surface area contributed by atoms with E-state index in [1.54, 1.807) is 4.72 Å². The fourth-order valence-corrected chi connectivity index (χ4v) is 2.34. The summed E-state index contributed by atoms with van der Waals surface area (Å²) in [6, 6.07) is 2.97. The molecule has 1 rings (SSSR count). The molecule has 9 heteroatoms. The van der Waals surface area contributed by atoms with Gasteiger partial charge >= 0.3 is 6.18 Å². The van der Waals surface area contributed by atoms with E-state index >= 15 is 0 Å². The van der Waals surface area contributed by atoms with Gasteiger partial charge in [0.25, 0.3) is 0 Å². The van der Waals surface area contributed by atoms with Crippen molar-refractivity contribution >= 4 is 26.0 Å². The van der Waals surface area contributed by atoms with Gasteiger partial charge in [-0.15, -0.1) is 0 Å². The molecule has 0 bridgehead atoms. The molecule has 0 aromatic heterocycles. The molecule has 0 saturated carbocycles. The van der Waals surface area contributed by atoms with Crippen molar-refractivity contribution in [3.05, 3.63) is 28.5 Å². The van der Waals surface area contributed by atoms with Crippen LogP contribution in [0.3, 0.4) is 0 Å². The maximum absolute atomic E-state index is 13.1. The fraction of sp³-hybridized carbons (Fsp3) is 0.333. The van der Waals surface area contributed by atoms with Crippen LogP contribution < -0.4 is 4.72 Å². The summed E-state index contributed by atoms with van der Waals surface area (Å²) in [6.45, 7) is -0.788. The van der Waals surface area contributed by atoms with E-state index in [4.69, 9.17) is 0 Å². The van der Waals surface area contributed by atoms with Crippen LogP contribution >= 0.6 is 15.9 Å². The number of rotatable bonds is 4. The smallest absolute Gasteiger partial charge is 0.211 e. The van der Waals surface area contributed by atoms with E-state index in [-0.39, 0.29) is 4.47 Å². The molecular weight excluding hydrogens is 342 g/mol. The molecule has 3 nitrogen and oxygen atoms in total. The summed E-state index contributed by atoms with van der Waals surface area (Å²) in [5.41, 5.74) is 0. The molecule has 102 valence electrons. The molecule has 18 heavy (non-hydrogen) atoms. The van der Waals surface area contributed by atoms with Gasteiger partial charge in [-0.25, -0.2) is 17.5 Å². The highest BCUT2D eigenvalue weighted by atomic mass is 79.9. The van der Waals surface area contributed by atoms with Gasteiger partial charge in [0.15, 0.2) is 0 Å². The Balaban J connectivity index is 2.77. The second-order valence-electron chi connectivity index (χ2n) is 3.34. The highest BCUT2D eigenvalue weighted by molar-refractivity contribution is 9.10. The zero-order valence-electron chi connectivity index (χ0n) is 8.76. The van der Waals surface area contributed by atoms with Crippen LogP contribution in [0, 0.1) is 5.82 Å². The third-order valence-corrected chi connectivity index (χ3v) is 4.00. The zero-order chi connectivity index (χ0) is 14.0. The summed E-state index contributed by atoms with van der Waals surface area (Å²) in [5, 5.41) is 0. The van der Waals surface area contributed by atoms with Gasteiger partial charge < -0.3 is 0 Å². The van der Waals surface area contributed by atoms with Gasteiger partial charge in [-0.05, 0) is 34.1 Å². The Morgan fingerprint density at radius 1 is 1.28 bits per heavy atom. The summed E-state index contributed by atoms with van der Waals surface area (Å²) in [4.78, 5) is -0.426. The van der Waals surface area contributed by atoms with E-state index < -0.39 is 39.9 Å². The van der Waals surface area contributed by atoms with Crippen molar-refractivity contribution in [3.8, 4) is 0 Å². The summed E-state index contributed by atoms with van der Waals surface area (Å²) in [5.74, 6) is -0.811. The van der Waals surface area contributed by atoms with Gasteiger partial charge in [0.2, 0.25) is 10.0 Å². The predicted molar refractivity (Wildman–Crippen MR) is 60.0 cm³/mol. The molecule has 0 unspecified atom stereocenters. The summed E-state index contributed by atoms with van der Waals surface area (Å²) in [6.07, 6.45) is -5.74. The second kappa shape index (κ2) is 5.54. The number of benzene rings is 1. The van der Waals surface area contributed by atoms with Crippen LogP contribution in [0.5, 0.6) is 0 Å². The molecule has 0 fully saturated rings. The average Bonchev–Trinajstić information content (AvgIpc) is 2.19. The van der Waals surface area contributed by atoms with Gasteiger partial charge in [-0.3, -0.25) is 0 Å².